The van der Waals surface area contributed by atoms with Crippen molar-refractivity contribution in [3.63, 3.8) is 0 Å². The minimum atomic E-state index is -3.34. The quantitative estimate of drug-likeness (QED) is 0.665. The smallest absolute Gasteiger partial charge is 0.231 e. The Bertz CT molecular complexity index is 901. The van der Waals surface area contributed by atoms with Crippen LogP contribution in [-0.2, 0) is 10.0 Å². The first-order chi connectivity index (χ1) is 11.4. The summed E-state index contributed by atoms with van der Waals surface area (Å²) in [6.07, 6.45) is 4.17. The summed E-state index contributed by atoms with van der Waals surface area (Å²) in [7, 11) is -3.34. The van der Waals surface area contributed by atoms with Crippen molar-refractivity contribution < 1.29 is 22.7 Å². The number of rotatable bonds is 5. The maximum atomic E-state index is 12.2. The number of allylic oxidation sites excluding steroid dienone is 1. The first kappa shape index (κ1) is 16.1. The average molecular weight is 345 g/mol. The van der Waals surface area contributed by atoms with Gasteiger partial charge in [0.25, 0.3) is 0 Å². The van der Waals surface area contributed by atoms with Gasteiger partial charge in [0.1, 0.15) is 0 Å². The molecule has 0 bridgehead atoms. The number of para-hydroxylation sites is 1. The molecule has 0 fully saturated rings. The molecule has 0 aromatic heterocycles. The van der Waals surface area contributed by atoms with E-state index < -0.39 is 10.0 Å². The second-order valence-corrected chi connectivity index (χ2v) is 6.98. The number of sulfonamides is 1. The Morgan fingerprint density at radius 1 is 1.12 bits per heavy atom. The summed E-state index contributed by atoms with van der Waals surface area (Å²) in [6.45, 7) is 0.170. The number of ether oxygens (including phenoxy) is 2. The molecule has 1 aliphatic rings. The molecule has 2 aromatic rings. The van der Waals surface area contributed by atoms with E-state index in [2.05, 4.69) is 4.72 Å². The summed E-state index contributed by atoms with van der Waals surface area (Å²) in [6, 6.07) is 11.7. The van der Waals surface area contributed by atoms with E-state index >= 15 is 0 Å². The van der Waals surface area contributed by atoms with E-state index in [0.717, 1.165) is 11.8 Å². The van der Waals surface area contributed by atoms with Crippen LogP contribution >= 0.6 is 0 Å². The maximum absolute atomic E-state index is 12.2. The summed E-state index contributed by atoms with van der Waals surface area (Å²) in [5.41, 5.74) is 1.62. The Hall–Kier alpha value is -2.80. The van der Waals surface area contributed by atoms with Crippen molar-refractivity contribution in [3.05, 3.63) is 59.7 Å². The molecule has 0 spiro atoms. The van der Waals surface area contributed by atoms with Crippen LogP contribution in [-0.4, -0.2) is 27.2 Å². The van der Waals surface area contributed by atoms with Crippen LogP contribution in [0.15, 0.2) is 48.5 Å². The van der Waals surface area contributed by atoms with E-state index in [9.17, 15) is 13.2 Å². The Kier molecular flexibility index (Phi) is 4.26. The fraction of sp³-hybridized carbons (Fsp3) is 0.118. The SMILES string of the molecule is CS(=O)(=O)Nc1ccc(C(=O)/C=C/c2cccc3c2OCO3)cc1. The van der Waals surface area contributed by atoms with Gasteiger partial charge in [0.05, 0.1) is 6.26 Å². The van der Waals surface area contributed by atoms with Crippen LogP contribution in [0.2, 0.25) is 0 Å². The zero-order valence-corrected chi connectivity index (χ0v) is 13.7. The molecular formula is C17H15NO5S. The highest BCUT2D eigenvalue weighted by molar-refractivity contribution is 7.92. The predicted octanol–water partition coefficient (Wildman–Crippen LogP) is 2.68. The number of ketones is 1. The molecule has 0 radical (unpaired) electrons. The minimum Gasteiger partial charge on any atom is -0.454 e. The molecule has 0 saturated carbocycles. The molecule has 0 aliphatic carbocycles. The highest BCUT2D eigenvalue weighted by Gasteiger charge is 2.15. The Morgan fingerprint density at radius 2 is 1.88 bits per heavy atom. The van der Waals surface area contributed by atoms with Crippen molar-refractivity contribution in [3.8, 4) is 11.5 Å². The number of fused-ring (bicyclic) bond motifs is 1. The lowest BCUT2D eigenvalue weighted by atomic mass is 10.1. The van der Waals surface area contributed by atoms with Crippen LogP contribution in [0.5, 0.6) is 11.5 Å². The van der Waals surface area contributed by atoms with E-state index in [1.165, 1.54) is 6.08 Å². The number of anilines is 1. The molecule has 0 atom stereocenters. The molecule has 0 saturated heterocycles. The molecule has 2 aromatic carbocycles. The number of benzene rings is 2. The average Bonchev–Trinajstić information content (AvgIpc) is 3.01. The van der Waals surface area contributed by atoms with Crippen LogP contribution in [0.25, 0.3) is 6.08 Å². The highest BCUT2D eigenvalue weighted by Crippen LogP contribution is 2.35. The van der Waals surface area contributed by atoms with Crippen molar-refractivity contribution in [2.75, 3.05) is 17.8 Å². The molecule has 6 nitrogen and oxygen atoms in total. The standard InChI is InChI=1S/C17H15NO5S/c1-24(20,21)18-14-8-5-12(6-9-14)15(19)10-7-13-3-2-4-16-17(13)23-11-22-16/h2-10,18H,11H2,1H3/b10-7+. The largest absolute Gasteiger partial charge is 0.454 e. The molecule has 24 heavy (non-hydrogen) atoms. The van der Waals surface area contributed by atoms with Crippen LogP contribution in [0, 0.1) is 0 Å². The van der Waals surface area contributed by atoms with E-state index in [4.69, 9.17) is 9.47 Å². The molecular weight excluding hydrogens is 330 g/mol. The van der Waals surface area contributed by atoms with Gasteiger partial charge < -0.3 is 9.47 Å². The number of carbonyl (C=O) groups excluding carboxylic acids is 1. The Balaban J connectivity index is 1.74. The monoisotopic (exact) mass is 345 g/mol. The summed E-state index contributed by atoms with van der Waals surface area (Å²) in [5, 5.41) is 0. The Labute approximate surface area is 139 Å². The third-order valence-corrected chi connectivity index (χ3v) is 3.92. The fourth-order valence-corrected chi connectivity index (χ4v) is 2.83. The fourth-order valence-electron chi connectivity index (χ4n) is 2.26. The molecule has 1 N–H and O–H groups in total. The van der Waals surface area contributed by atoms with Crippen molar-refractivity contribution in [1.82, 2.24) is 0 Å². The first-order valence-electron chi connectivity index (χ1n) is 7.11. The van der Waals surface area contributed by atoms with Gasteiger partial charge in [0.2, 0.25) is 16.8 Å². The van der Waals surface area contributed by atoms with Crippen molar-refractivity contribution >= 4 is 27.6 Å². The molecule has 7 heteroatoms. The molecule has 1 aliphatic heterocycles. The zero-order chi connectivity index (χ0) is 17.2. The second-order valence-electron chi connectivity index (χ2n) is 5.23. The third-order valence-electron chi connectivity index (χ3n) is 3.31. The predicted molar refractivity (Wildman–Crippen MR) is 90.8 cm³/mol. The lowest BCUT2D eigenvalue weighted by Gasteiger charge is -2.04. The molecule has 124 valence electrons. The van der Waals surface area contributed by atoms with Gasteiger partial charge in [0, 0.05) is 16.8 Å². The van der Waals surface area contributed by atoms with Crippen LogP contribution in [0.3, 0.4) is 0 Å². The van der Waals surface area contributed by atoms with E-state index in [1.54, 1.807) is 36.4 Å². The topological polar surface area (TPSA) is 81.7 Å². The van der Waals surface area contributed by atoms with E-state index in [1.807, 2.05) is 12.1 Å². The van der Waals surface area contributed by atoms with Gasteiger partial charge in [-0.1, -0.05) is 12.1 Å². The molecule has 0 amide bonds. The molecule has 0 unspecified atom stereocenters. The zero-order valence-electron chi connectivity index (χ0n) is 12.9. The number of nitrogens with one attached hydrogen (secondary N) is 1. The van der Waals surface area contributed by atoms with Gasteiger partial charge in [0.15, 0.2) is 17.3 Å². The first-order valence-corrected chi connectivity index (χ1v) is 9.00. The minimum absolute atomic E-state index is 0.170. The van der Waals surface area contributed by atoms with Gasteiger partial charge in [-0.05, 0) is 42.5 Å². The number of hydrogen-bond donors (Lipinski definition) is 1. The summed E-state index contributed by atoms with van der Waals surface area (Å²) in [5.74, 6) is 1.08. The van der Waals surface area contributed by atoms with Crippen LogP contribution in [0.1, 0.15) is 15.9 Å². The lowest BCUT2D eigenvalue weighted by molar-refractivity contribution is 0.104. The van der Waals surface area contributed by atoms with Crippen molar-refractivity contribution in [1.29, 1.82) is 0 Å². The van der Waals surface area contributed by atoms with Gasteiger partial charge in [-0.2, -0.15) is 0 Å². The lowest BCUT2D eigenvalue weighted by Crippen LogP contribution is -2.09. The molecule has 3 rings (SSSR count). The normalized spacial score (nSPS) is 13.2. The van der Waals surface area contributed by atoms with Gasteiger partial charge in [-0.15, -0.1) is 0 Å². The summed E-state index contributed by atoms with van der Waals surface area (Å²) >= 11 is 0. The third kappa shape index (κ3) is 3.75. The van der Waals surface area contributed by atoms with Gasteiger partial charge in [-0.25, -0.2) is 8.42 Å². The Morgan fingerprint density at radius 3 is 2.58 bits per heavy atom. The maximum Gasteiger partial charge on any atom is 0.231 e. The van der Waals surface area contributed by atoms with Crippen molar-refractivity contribution in [2.24, 2.45) is 0 Å². The van der Waals surface area contributed by atoms with E-state index in [-0.39, 0.29) is 12.6 Å². The van der Waals surface area contributed by atoms with Crippen molar-refractivity contribution in [2.45, 2.75) is 0 Å². The van der Waals surface area contributed by atoms with Gasteiger partial charge in [-0.3, -0.25) is 9.52 Å². The molecule has 1 heterocycles. The summed E-state index contributed by atoms with van der Waals surface area (Å²) in [4.78, 5) is 12.2. The summed E-state index contributed by atoms with van der Waals surface area (Å²) < 4.78 is 35.3. The van der Waals surface area contributed by atoms with Crippen LogP contribution in [0.4, 0.5) is 5.69 Å². The number of hydrogen-bond acceptors (Lipinski definition) is 5. The highest BCUT2D eigenvalue weighted by atomic mass is 32.2. The van der Waals surface area contributed by atoms with E-state index in [0.29, 0.717) is 22.7 Å². The second kappa shape index (κ2) is 6.37. The van der Waals surface area contributed by atoms with Crippen LogP contribution < -0.4 is 14.2 Å². The van der Waals surface area contributed by atoms with Gasteiger partial charge >= 0.3 is 0 Å². The number of carbonyl (C=O) groups is 1.